The van der Waals surface area contributed by atoms with Gasteiger partial charge in [-0.15, -0.1) is 0 Å². The van der Waals surface area contributed by atoms with Gasteiger partial charge in [0.15, 0.2) is 0 Å². The standard InChI is InChI=1S/C15H21BrFNO/c1-3-9-18(10-4-2)15(19)13(16)11-12-7-5-6-8-14(12)17/h5-8,13H,3-4,9-11H2,1-2H3. The summed E-state index contributed by atoms with van der Waals surface area (Å²) in [7, 11) is 0. The van der Waals surface area contributed by atoms with Crippen molar-refractivity contribution in [2.24, 2.45) is 0 Å². The first-order valence-electron chi connectivity index (χ1n) is 6.76. The molecule has 2 nitrogen and oxygen atoms in total. The molecule has 1 rings (SSSR count). The molecule has 0 radical (unpaired) electrons. The molecule has 1 atom stereocenters. The third-order valence-electron chi connectivity index (χ3n) is 2.92. The van der Waals surface area contributed by atoms with Gasteiger partial charge in [0.05, 0.1) is 4.83 Å². The van der Waals surface area contributed by atoms with Gasteiger partial charge in [-0.05, 0) is 30.9 Å². The number of nitrogens with zero attached hydrogens (tertiary/aromatic N) is 1. The highest BCUT2D eigenvalue weighted by atomic mass is 79.9. The van der Waals surface area contributed by atoms with Gasteiger partial charge in [-0.25, -0.2) is 4.39 Å². The third-order valence-corrected chi connectivity index (χ3v) is 3.64. The fourth-order valence-corrected chi connectivity index (χ4v) is 2.65. The van der Waals surface area contributed by atoms with Crippen LogP contribution in [-0.2, 0) is 11.2 Å². The number of alkyl halides is 1. The van der Waals surface area contributed by atoms with E-state index in [0.717, 1.165) is 25.9 Å². The maximum atomic E-state index is 13.6. The number of halogens is 2. The molecule has 106 valence electrons. The molecule has 1 aromatic rings. The Hall–Kier alpha value is -0.900. The van der Waals surface area contributed by atoms with Crippen molar-refractivity contribution in [2.75, 3.05) is 13.1 Å². The molecule has 0 aliphatic heterocycles. The molecule has 0 N–H and O–H groups in total. The van der Waals surface area contributed by atoms with Crippen LogP contribution in [0.4, 0.5) is 4.39 Å². The average Bonchev–Trinajstić information content (AvgIpc) is 2.40. The zero-order valence-electron chi connectivity index (χ0n) is 11.5. The second-order valence-corrected chi connectivity index (χ2v) is 5.69. The van der Waals surface area contributed by atoms with Crippen LogP contribution in [0.1, 0.15) is 32.3 Å². The highest BCUT2D eigenvalue weighted by Gasteiger charge is 2.22. The minimum Gasteiger partial charge on any atom is -0.342 e. The number of benzene rings is 1. The van der Waals surface area contributed by atoms with E-state index in [2.05, 4.69) is 29.8 Å². The summed E-state index contributed by atoms with van der Waals surface area (Å²) in [5.41, 5.74) is 0.575. The normalized spacial score (nSPS) is 12.2. The summed E-state index contributed by atoms with van der Waals surface area (Å²) >= 11 is 3.40. The van der Waals surface area contributed by atoms with Crippen molar-refractivity contribution in [3.63, 3.8) is 0 Å². The largest absolute Gasteiger partial charge is 0.342 e. The molecular formula is C15H21BrFNO. The lowest BCUT2D eigenvalue weighted by Crippen LogP contribution is -2.38. The molecule has 0 saturated carbocycles. The molecule has 4 heteroatoms. The summed E-state index contributed by atoms with van der Waals surface area (Å²) in [6.45, 7) is 5.62. The van der Waals surface area contributed by atoms with Crippen molar-refractivity contribution in [2.45, 2.75) is 37.9 Å². The fourth-order valence-electron chi connectivity index (χ4n) is 2.01. The van der Waals surface area contributed by atoms with E-state index in [-0.39, 0.29) is 16.6 Å². The van der Waals surface area contributed by atoms with Crippen LogP contribution in [0.5, 0.6) is 0 Å². The van der Waals surface area contributed by atoms with Crippen molar-refractivity contribution in [1.82, 2.24) is 4.90 Å². The lowest BCUT2D eigenvalue weighted by molar-refractivity contribution is -0.130. The summed E-state index contributed by atoms with van der Waals surface area (Å²) < 4.78 is 13.6. The summed E-state index contributed by atoms with van der Waals surface area (Å²) in [5.74, 6) is -0.204. The van der Waals surface area contributed by atoms with E-state index in [0.29, 0.717) is 12.0 Å². The van der Waals surface area contributed by atoms with E-state index >= 15 is 0 Å². The monoisotopic (exact) mass is 329 g/mol. The van der Waals surface area contributed by atoms with Gasteiger partial charge in [0.2, 0.25) is 5.91 Å². The van der Waals surface area contributed by atoms with Crippen LogP contribution in [-0.4, -0.2) is 28.7 Å². The molecule has 0 saturated heterocycles. The zero-order chi connectivity index (χ0) is 14.3. The molecule has 19 heavy (non-hydrogen) atoms. The Kier molecular flexibility index (Phi) is 7.06. The van der Waals surface area contributed by atoms with Crippen molar-refractivity contribution >= 4 is 21.8 Å². The fraction of sp³-hybridized carbons (Fsp3) is 0.533. The van der Waals surface area contributed by atoms with E-state index in [1.807, 2.05) is 4.90 Å². The van der Waals surface area contributed by atoms with E-state index in [4.69, 9.17) is 0 Å². The van der Waals surface area contributed by atoms with Gasteiger partial charge in [-0.2, -0.15) is 0 Å². The SMILES string of the molecule is CCCN(CCC)C(=O)C(Br)Cc1ccccc1F. The number of carbonyl (C=O) groups excluding carboxylic acids is 1. The molecule has 0 bridgehead atoms. The molecule has 0 spiro atoms. The Bertz CT molecular complexity index is 405. The van der Waals surface area contributed by atoms with Gasteiger partial charge < -0.3 is 4.90 Å². The highest BCUT2D eigenvalue weighted by Crippen LogP contribution is 2.16. The van der Waals surface area contributed by atoms with E-state index in [1.165, 1.54) is 6.07 Å². The Balaban J connectivity index is 2.68. The number of hydrogen-bond acceptors (Lipinski definition) is 1. The predicted molar refractivity (Wildman–Crippen MR) is 80.0 cm³/mol. The first-order chi connectivity index (χ1) is 9.10. The Labute approximate surface area is 123 Å². The molecule has 1 unspecified atom stereocenters. The first-order valence-corrected chi connectivity index (χ1v) is 7.68. The maximum Gasteiger partial charge on any atom is 0.236 e. The Morgan fingerprint density at radius 3 is 2.37 bits per heavy atom. The van der Waals surface area contributed by atoms with Crippen LogP contribution in [0.25, 0.3) is 0 Å². The second kappa shape index (κ2) is 8.31. The van der Waals surface area contributed by atoms with Crippen LogP contribution in [0.3, 0.4) is 0 Å². The van der Waals surface area contributed by atoms with E-state index in [9.17, 15) is 9.18 Å². The zero-order valence-corrected chi connectivity index (χ0v) is 13.1. The smallest absolute Gasteiger partial charge is 0.236 e. The summed E-state index contributed by atoms with van der Waals surface area (Å²) in [5, 5.41) is 0. The molecule has 1 aromatic carbocycles. The Morgan fingerprint density at radius 1 is 1.26 bits per heavy atom. The minimum atomic E-state index is -0.359. The molecule has 0 heterocycles. The molecule has 0 aliphatic rings. The van der Waals surface area contributed by atoms with Gasteiger partial charge in [0.25, 0.3) is 0 Å². The lowest BCUT2D eigenvalue weighted by Gasteiger charge is -2.24. The average molecular weight is 330 g/mol. The third kappa shape index (κ3) is 4.94. The van der Waals surface area contributed by atoms with Crippen LogP contribution >= 0.6 is 15.9 Å². The predicted octanol–water partition coefficient (Wildman–Crippen LogP) is 3.78. The number of amides is 1. The molecule has 0 aromatic heterocycles. The number of rotatable bonds is 7. The van der Waals surface area contributed by atoms with Crippen molar-refractivity contribution < 1.29 is 9.18 Å². The highest BCUT2D eigenvalue weighted by molar-refractivity contribution is 9.10. The minimum absolute atomic E-state index is 0.0481. The van der Waals surface area contributed by atoms with Gasteiger partial charge in [-0.1, -0.05) is 48.0 Å². The van der Waals surface area contributed by atoms with Crippen LogP contribution in [0.15, 0.2) is 24.3 Å². The Morgan fingerprint density at radius 2 is 1.84 bits per heavy atom. The van der Waals surface area contributed by atoms with Gasteiger partial charge in [-0.3, -0.25) is 4.79 Å². The van der Waals surface area contributed by atoms with E-state index in [1.54, 1.807) is 18.2 Å². The second-order valence-electron chi connectivity index (χ2n) is 4.59. The maximum absolute atomic E-state index is 13.6. The lowest BCUT2D eigenvalue weighted by atomic mass is 10.1. The van der Waals surface area contributed by atoms with Crippen molar-refractivity contribution in [1.29, 1.82) is 0 Å². The number of carbonyl (C=O) groups is 1. The molecule has 0 aliphatic carbocycles. The summed E-state index contributed by atoms with van der Waals surface area (Å²) in [4.78, 5) is 13.8. The molecule has 1 amide bonds. The van der Waals surface area contributed by atoms with E-state index < -0.39 is 0 Å². The molecular weight excluding hydrogens is 309 g/mol. The first kappa shape index (κ1) is 16.2. The number of hydrogen-bond donors (Lipinski definition) is 0. The van der Waals surface area contributed by atoms with Gasteiger partial charge in [0, 0.05) is 13.1 Å². The van der Waals surface area contributed by atoms with Crippen molar-refractivity contribution in [3.05, 3.63) is 35.6 Å². The van der Waals surface area contributed by atoms with Gasteiger partial charge in [0.1, 0.15) is 5.82 Å². The van der Waals surface area contributed by atoms with Gasteiger partial charge >= 0.3 is 0 Å². The summed E-state index contributed by atoms with van der Waals surface area (Å²) in [6, 6.07) is 6.60. The topological polar surface area (TPSA) is 20.3 Å². The summed E-state index contributed by atoms with van der Waals surface area (Å²) in [6.07, 6.45) is 2.26. The van der Waals surface area contributed by atoms with Crippen LogP contribution in [0, 0.1) is 5.82 Å². The van der Waals surface area contributed by atoms with Crippen LogP contribution in [0.2, 0.25) is 0 Å². The molecule has 0 fully saturated rings. The quantitative estimate of drug-likeness (QED) is 0.697. The van der Waals surface area contributed by atoms with Crippen LogP contribution < -0.4 is 0 Å². The van der Waals surface area contributed by atoms with Crippen molar-refractivity contribution in [3.8, 4) is 0 Å².